The lowest BCUT2D eigenvalue weighted by atomic mass is 10.2. The lowest BCUT2D eigenvalue weighted by Gasteiger charge is -2.25. The molecular formula is C13H22N2O3S. The summed E-state index contributed by atoms with van der Waals surface area (Å²) >= 11 is 0. The molecule has 0 aliphatic rings. The van der Waals surface area contributed by atoms with Gasteiger partial charge in [-0.2, -0.15) is 4.31 Å². The number of nitrogens with zero attached hydrogens (tertiary/aromatic N) is 1. The summed E-state index contributed by atoms with van der Waals surface area (Å²) in [5.74, 6) is -0.0448. The predicted octanol–water partition coefficient (Wildman–Crippen LogP) is 1.19. The Balaban J connectivity index is 2.85. The molecule has 0 spiro atoms. The summed E-state index contributed by atoms with van der Waals surface area (Å²) < 4.78 is 26.1. The Labute approximate surface area is 115 Å². The fraction of sp³-hybridized carbons (Fsp3) is 0.538. The molecule has 1 aromatic carbocycles. The molecule has 1 aromatic rings. The van der Waals surface area contributed by atoms with Gasteiger partial charge < -0.3 is 10.8 Å². The van der Waals surface area contributed by atoms with Crippen molar-refractivity contribution < 1.29 is 13.5 Å². The van der Waals surface area contributed by atoms with Gasteiger partial charge in [0.15, 0.2) is 0 Å². The van der Waals surface area contributed by atoms with Crippen LogP contribution in [0.1, 0.15) is 25.8 Å². The molecule has 0 fully saturated rings. The van der Waals surface area contributed by atoms with Crippen molar-refractivity contribution in [2.75, 3.05) is 18.9 Å². The second kappa shape index (κ2) is 6.88. The van der Waals surface area contributed by atoms with Crippen LogP contribution in [0.3, 0.4) is 0 Å². The molecule has 6 heteroatoms. The number of aliphatic hydroxyl groups is 1. The zero-order valence-corrected chi connectivity index (χ0v) is 12.2. The second-order valence-corrected chi connectivity index (χ2v) is 6.70. The van der Waals surface area contributed by atoms with Crippen LogP contribution >= 0.6 is 0 Å². The lowest BCUT2D eigenvalue weighted by molar-refractivity contribution is 0.258. The van der Waals surface area contributed by atoms with Crippen molar-refractivity contribution >= 4 is 15.7 Å². The fourth-order valence-electron chi connectivity index (χ4n) is 1.85. The van der Waals surface area contributed by atoms with Crippen molar-refractivity contribution in [3.05, 3.63) is 29.8 Å². The quantitative estimate of drug-likeness (QED) is 0.738. The molecule has 5 nitrogen and oxygen atoms in total. The van der Waals surface area contributed by atoms with E-state index in [0.717, 1.165) is 0 Å². The lowest BCUT2D eigenvalue weighted by Crippen LogP contribution is -2.38. The molecule has 19 heavy (non-hydrogen) atoms. The van der Waals surface area contributed by atoms with Crippen LogP contribution in [0.4, 0.5) is 5.69 Å². The summed E-state index contributed by atoms with van der Waals surface area (Å²) in [6.07, 6.45) is 0.444. The molecule has 0 unspecified atom stereocenters. The third-order valence-corrected chi connectivity index (χ3v) is 4.82. The number of benzene rings is 1. The number of anilines is 1. The highest BCUT2D eigenvalue weighted by atomic mass is 32.2. The third-order valence-electron chi connectivity index (χ3n) is 2.80. The van der Waals surface area contributed by atoms with Gasteiger partial charge in [0.05, 0.1) is 5.75 Å². The second-order valence-electron chi connectivity index (χ2n) is 4.78. The monoisotopic (exact) mass is 286 g/mol. The molecule has 0 radical (unpaired) electrons. The normalized spacial score (nSPS) is 12.3. The first-order valence-electron chi connectivity index (χ1n) is 6.31. The van der Waals surface area contributed by atoms with E-state index in [4.69, 9.17) is 10.8 Å². The van der Waals surface area contributed by atoms with Crippen molar-refractivity contribution in [3.63, 3.8) is 0 Å². The van der Waals surface area contributed by atoms with E-state index < -0.39 is 10.0 Å². The van der Waals surface area contributed by atoms with E-state index >= 15 is 0 Å². The average molecular weight is 286 g/mol. The van der Waals surface area contributed by atoms with Crippen molar-refractivity contribution in [2.45, 2.75) is 32.1 Å². The molecule has 108 valence electrons. The van der Waals surface area contributed by atoms with Crippen molar-refractivity contribution in [1.29, 1.82) is 0 Å². The third kappa shape index (κ3) is 4.81. The van der Waals surface area contributed by atoms with Crippen LogP contribution in [0.5, 0.6) is 0 Å². The Morgan fingerprint density at radius 2 is 1.84 bits per heavy atom. The van der Waals surface area contributed by atoms with Gasteiger partial charge in [-0.3, -0.25) is 0 Å². The minimum atomic E-state index is -3.38. The van der Waals surface area contributed by atoms with Crippen molar-refractivity contribution in [2.24, 2.45) is 0 Å². The maximum absolute atomic E-state index is 12.3. The van der Waals surface area contributed by atoms with Crippen LogP contribution < -0.4 is 5.73 Å². The minimum absolute atomic E-state index is 0.0133. The molecule has 0 aliphatic carbocycles. The van der Waals surface area contributed by atoms with Gasteiger partial charge in [0.1, 0.15) is 0 Å². The number of nitrogen functional groups attached to an aromatic ring is 1. The van der Waals surface area contributed by atoms with Gasteiger partial charge in [-0.05, 0) is 38.0 Å². The Morgan fingerprint density at radius 1 is 1.26 bits per heavy atom. The average Bonchev–Trinajstić information content (AvgIpc) is 2.31. The first-order chi connectivity index (χ1) is 8.86. The standard InChI is InChI=1S/C13H22N2O3S/c1-11(2)15(8-3-9-16)19(17,18)10-12-4-6-13(14)7-5-12/h4-7,11,16H,3,8-10,14H2,1-2H3. The van der Waals surface area contributed by atoms with E-state index in [9.17, 15) is 8.42 Å². The van der Waals surface area contributed by atoms with Crippen LogP contribution in [0.25, 0.3) is 0 Å². The molecule has 0 saturated heterocycles. The summed E-state index contributed by atoms with van der Waals surface area (Å²) in [5, 5.41) is 8.85. The molecule has 0 atom stereocenters. The Hall–Kier alpha value is -1.11. The summed E-state index contributed by atoms with van der Waals surface area (Å²) in [6.45, 7) is 3.99. The zero-order valence-electron chi connectivity index (χ0n) is 11.4. The number of nitrogens with two attached hydrogens (primary N) is 1. The highest BCUT2D eigenvalue weighted by molar-refractivity contribution is 7.88. The summed E-state index contributed by atoms with van der Waals surface area (Å²) in [4.78, 5) is 0. The molecule has 0 amide bonds. The Morgan fingerprint density at radius 3 is 2.32 bits per heavy atom. The Kier molecular flexibility index (Phi) is 5.78. The number of aliphatic hydroxyl groups excluding tert-OH is 1. The maximum Gasteiger partial charge on any atom is 0.218 e. The highest BCUT2D eigenvalue weighted by Crippen LogP contribution is 2.15. The summed E-state index contributed by atoms with van der Waals surface area (Å²) in [5.41, 5.74) is 6.90. The van der Waals surface area contributed by atoms with E-state index in [0.29, 0.717) is 24.2 Å². The number of hydrogen-bond acceptors (Lipinski definition) is 4. The van der Waals surface area contributed by atoms with Gasteiger partial charge in [0.2, 0.25) is 10.0 Å². The van der Waals surface area contributed by atoms with E-state index in [-0.39, 0.29) is 18.4 Å². The van der Waals surface area contributed by atoms with Crippen LogP contribution in [-0.2, 0) is 15.8 Å². The van der Waals surface area contributed by atoms with Gasteiger partial charge in [0, 0.05) is 24.9 Å². The molecule has 0 bridgehead atoms. The van der Waals surface area contributed by atoms with E-state index in [1.54, 1.807) is 24.3 Å². The molecule has 0 heterocycles. The zero-order chi connectivity index (χ0) is 14.5. The largest absolute Gasteiger partial charge is 0.399 e. The van der Waals surface area contributed by atoms with Gasteiger partial charge >= 0.3 is 0 Å². The van der Waals surface area contributed by atoms with Crippen molar-refractivity contribution in [3.8, 4) is 0 Å². The molecule has 0 aromatic heterocycles. The van der Waals surface area contributed by atoms with Crippen LogP contribution in [0.2, 0.25) is 0 Å². The maximum atomic E-state index is 12.3. The molecule has 1 rings (SSSR count). The number of rotatable bonds is 7. The first-order valence-corrected chi connectivity index (χ1v) is 7.92. The van der Waals surface area contributed by atoms with Crippen molar-refractivity contribution in [1.82, 2.24) is 4.31 Å². The SMILES string of the molecule is CC(C)N(CCCO)S(=O)(=O)Cc1ccc(N)cc1. The predicted molar refractivity (Wildman–Crippen MR) is 77.0 cm³/mol. The fourth-order valence-corrected chi connectivity index (χ4v) is 3.68. The van der Waals surface area contributed by atoms with Gasteiger partial charge in [-0.1, -0.05) is 12.1 Å². The van der Waals surface area contributed by atoms with Gasteiger partial charge in [-0.25, -0.2) is 8.42 Å². The van der Waals surface area contributed by atoms with Crippen LogP contribution in [0, 0.1) is 0 Å². The van der Waals surface area contributed by atoms with Gasteiger partial charge in [0.25, 0.3) is 0 Å². The highest BCUT2D eigenvalue weighted by Gasteiger charge is 2.24. The first kappa shape index (κ1) is 15.9. The number of sulfonamides is 1. The molecule has 0 saturated carbocycles. The molecule has 0 aliphatic heterocycles. The van der Waals surface area contributed by atoms with Gasteiger partial charge in [-0.15, -0.1) is 0 Å². The Bertz CT molecular complexity index is 483. The summed E-state index contributed by atoms with van der Waals surface area (Å²) in [6, 6.07) is 6.70. The topological polar surface area (TPSA) is 83.6 Å². The number of hydrogen-bond donors (Lipinski definition) is 2. The van der Waals surface area contributed by atoms with Crippen LogP contribution in [0.15, 0.2) is 24.3 Å². The van der Waals surface area contributed by atoms with Crippen LogP contribution in [-0.4, -0.2) is 37.0 Å². The smallest absolute Gasteiger partial charge is 0.218 e. The van der Waals surface area contributed by atoms with E-state index in [1.807, 2.05) is 13.8 Å². The molecular weight excluding hydrogens is 264 g/mol. The van der Waals surface area contributed by atoms with E-state index in [2.05, 4.69) is 0 Å². The minimum Gasteiger partial charge on any atom is -0.399 e. The molecule has 3 N–H and O–H groups in total. The summed E-state index contributed by atoms with van der Waals surface area (Å²) in [7, 11) is -3.38. The van der Waals surface area contributed by atoms with E-state index in [1.165, 1.54) is 4.31 Å².